The summed E-state index contributed by atoms with van der Waals surface area (Å²) in [6, 6.07) is 7.62. The Morgan fingerprint density at radius 1 is 1.33 bits per heavy atom. The third kappa shape index (κ3) is 5.91. The smallest absolute Gasteiger partial charge is 0.325 e. The molecule has 1 heterocycles. The van der Waals surface area contributed by atoms with Crippen LogP contribution in [0.2, 0.25) is 0 Å². The molecule has 148 valence electrons. The number of benzene rings is 1. The Morgan fingerprint density at radius 2 is 2.07 bits per heavy atom. The predicted octanol–water partition coefficient (Wildman–Crippen LogP) is 3.40. The molecule has 0 aliphatic carbocycles. The van der Waals surface area contributed by atoms with E-state index < -0.39 is 5.60 Å². The standard InChI is InChI=1S/C20H29N3O4/c1-7-25-15-10-8-9-14-11-16(26-18(14)15)13(2)23-19(21-6)22-12-17(24)27-20(3,4)5/h8-11,13H,7,12H2,1-6H3,(H2,21,22,23). The minimum absolute atomic E-state index is 0.0261. The van der Waals surface area contributed by atoms with Crippen LogP contribution in [0.4, 0.5) is 0 Å². The number of hydrogen-bond acceptors (Lipinski definition) is 5. The molecular formula is C20H29N3O4. The molecule has 27 heavy (non-hydrogen) atoms. The molecule has 2 aromatic rings. The first-order valence-electron chi connectivity index (χ1n) is 9.07. The van der Waals surface area contributed by atoms with E-state index in [-0.39, 0.29) is 18.6 Å². The second-order valence-electron chi connectivity index (χ2n) is 7.13. The largest absolute Gasteiger partial charge is 0.490 e. The summed E-state index contributed by atoms with van der Waals surface area (Å²) in [5.74, 6) is 1.61. The van der Waals surface area contributed by atoms with E-state index in [2.05, 4.69) is 15.6 Å². The van der Waals surface area contributed by atoms with Crippen molar-refractivity contribution in [2.24, 2.45) is 4.99 Å². The summed E-state index contributed by atoms with van der Waals surface area (Å²) in [5.41, 5.74) is 0.204. The topological polar surface area (TPSA) is 85.1 Å². The molecule has 0 amide bonds. The van der Waals surface area contributed by atoms with E-state index in [1.165, 1.54) is 0 Å². The second-order valence-corrected chi connectivity index (χ2v) is 7.13. The number of esters is 1. The van der Waals surface area contributed by atoms with Gasteiger partial charge in [-0.25, -0.2) is 0 Å². The lowest BCUT2D eigenvalue weighted by Crippen LogP contribution is -2.42. The van der Waals surface area contributed by atoms with Crippen molar-refractivity contribution < 1.29 is 18.7 Å². The SMILES string of the molecule is CCOc1cccc2cc(C(C)NC(=NC)NCC(=O)OC(C)(C)C)oc12. The zero-order valence-corrected chi connectivity index (χ0v) is 16.9. The lowest BCUT2D eigenvalue weighted by Gasteiger charge is -2.20. The number of fused-ring (bicyclic) bond motifs is 1. The Balaban J connectivity index is 2.02. The number of ether oxygens (including phenoxy) is 2. The van der Waals surface area contributed by atoms with Crippen LogP contribution in [-0.2, 0) is 9.53 Å². The maximum absolute atomic E-state index is 11.9. The fourth-order valence-electron chi connectivity index (χ4n) is 2.54. The van der Waals surface area contributed by atoms with E-state index >= 15 is 0 Å². The summed E-state index contributed by atoms with van der Waals surface area (Å²) < 4.78 is 16.9. The molecule has 1 aromatic carbocycles. The minimum atomic E-state index is -0.518. The van der Waals surface area contributed by atoms with Crippen molar-refractivity contribution in [1.82, 2.24) is 10.6 Å². The van der Waals surface area contributed by atoms with E-state index in [4.69, 9.17) is 13.9 Å². The summed E-state index contributed by atoms with van der Waals surface area (Å²) >= 11 is 0. The van der Waals surface area contributed by atoms with Crippen LogP contribution in [0.3, 0.4) is 0 Å². The number of carbonyl (C=O) groups excluding carboxylic acids is 1. The van der Waals surface area contributed by atoms with Crippen molar-refractivity contribution in [2.75, 3.05) is 20.2 Å². The number of nitrogens with one attached hydrogen (secondary N) is 2. The average molecular weight is 375 g/mol. The fourth-order valence-corrected chi connectivity index (χ4v) is 2.54. The van der Waals surface area contributed by atoms with Crippen LogP contribution in [0.1, 0.15) is 46.4 Å². The van der Waals surface area contributed by atoms with Crippen molar-refractivity contribution in [1.29, 1.82) is 0 Å². The third-order valence-corrected chi connectivity index (χ3v) is 3.65. The van der Waals surface area contributed by atoms with E-state index in [0.717, 1.165) is 22.5 Å². The van der Waals surface area contributed by atoms with Gasteiger partial charge in [0.25, 0.3) is 0 Å². The first kappa shape index (κ1) is 20.6. The van der Waals surface area contributed by atoms with Crippen molar-refractivity contribution in [2.45, 2.75) is 46.3 Å². The highest BCUT2D eigenvalue weighted by molar-refractivity contribution is 5.86. The van der Waals surface area contributed by atoms with Gasteiger partial charge >= 0.3 is 5.97 Å². The molecule has 0 radical (unpaired) electrons. The van der Waals surface area contributed by atoms with Gasteiger partial charge < -0.3 is 24.5 Å². The molecule has 0 fully saturated rings. The Labute approximate surface area is 160 Å². The molecule has 7 heteroatoms. The number of hydrogen-bond donors (Lipinski definition) is 2. The highest BCUT2D eigenvalue weighted by atomic mass is 16.6. The van der Waals surface area contributed by atoms with E-state index in [0.29, 0.717) is 12.6 Å². The summed E-state index contributed by atoms with van der Waals surface area (Å²) in [5, 5.41) is 7.14. The summed E-state index contributed by atoms with van der Waals surface area (Å²) in [4.78, 5) is 16.0. The van der Waals surface area contributed by atoms with E-state index in [1.54, 1.807) is 7.05 Å². The Bertz CT molecular complexity index is 805. The number of nitrogens with zero attached hydrogens (tertiary/aromatic N) is 1. The van der Waals surface area contributed by atoms with Crippen LogP contribution in [0.25, 0.3) is 11.0 Å². The molecule has 0 aliphatic heterocycles. The van der Waals surface area contributed by atoms with Gasteiger partial charge in [-0.3, -0.25) is 9.79 Å². The third-order valence-electron chi connectivity index (χ3n) is 3.65. The Hall–Kier alpha value is -2.70. The zero-order valence-electron chi connectivity index (χ0n) is 16.9. The van der Waals surface area contributed by atoms with Gasteiger partial charge in [0.15, 0.2) is 17.3 Å². The molecule has 0 aliphatic rings. The highest BCUT2D eigenvalue weighted by Crippen LogP contribution is 2.31. The first-order chi connectivity index (χ1) is 12.7. The van der Waals surface area contributed by atoms with Crippen LogP contribution in [-0.4, -0.2) is 37.7 Å². The maximum atomic E-state index is 11.9. The molecule has 0 saturated carbocycles. The number of furan rings is 1. The lowest BCUT2D eigenvalue weighted by molar-refractivity contribution is -0.153. The number of rotatable bonds is 6. The quantitative estimate of drug-likeness (QED) is 0.457. The van der Waals surface area contributed by atoms with Crippen LogP contribution in [0.15, 0.2) is 33.7 Å². The van der Waals surface area contributed by atoms with Gasteiger partial charge in [-0.2, -0.15) is 0 Å². The monoisotopic (exact) mass is 375 g/mol. The first-order valence-corrected chi connectivity index (χ1v) is 9.07. The van der Waals surface area contributed by atoms with Crippen LogP contribution in [0, 0.1) is 0 Å². The molecule has 2 N–H and O–H groups in total. The number of guanidine groups is 1. The Kier molecular flexibility index (Phi) is 6.71. The number of carbonyl (C=O) groups is 1. The summed E-state index contributed by atoms with van der Waals surface area (Å²) in [6.45, 7) is 9.99. The van der Waals surface area contributed by atoms with Crippen LogP contribution in [0.5, 0.6) is 5.75 Å². The van der Waals surface area contributed by atoms with Gasteiger partial charge in [-0.1, -0.05) is 12.1 Å². The molecule has 0 saturated heterocycles. The van der Waals surface area contributed by atoms with E-state index in [1.807, 2.05) is 58.9 Å². The van der Waals surface area contributed by atoms with Gasteiger partial charge in [0.2, 0.25) is 0 Å². The van der Waals surface area contributed by atoms with Crippen LogP contribution >= 0.6 is 0 Å². The normalized spacial score (nSPS) is 13.3. The second kappa shape index (κ2) is 8.79. The maximum Gasteiger partial charge on any atom is 0.325 e. The lowest BCUT2D eigenvalue weighted by atomic mass is 10.2. The predicted molar refractivity (Wildman–Crippen MR) is 106 cm³/mol. The molecule has 1 aromatic heterocycles. The number of aliphatic imine (C=N–C) groups is 1. The average Bonchev–Trinajstić information content (AvgIpc) is 3.02. The van der Waals surface area contributed by atoms with E-state index in [9.17, 15) is 4.79 Å². The molecular weight excluding hydrogens is 346 g/mol. The summed E-state index contributed by atoms with van der Waals surface area (Å²) in [6.07, 6.45) is 0. The van der Waals surface area contributed by atoms with Crippen LogP contribution < -0.4 is 15.4 Å². The van der Waals surface area contributed by atoms with Crippen molar-refractivity contribution >= 4 is 22.9 Å². The zero-order chi connectivity index (χ0) is 20.0. The van der Waals surface area contributed by atoms with Gasteiger partial charge in [-0.15, -0.1) is 0 Å². The van der Waals surface area contributed by atoms with Gasteiger partial charge in [-0.05, 0) is 46.8 Å². The number of para-hydroxylation sites is 1. The van der Waals surface area contributed by atoms with Crippen molar-refractivity contribution in [3.63, 3.8) is 0 Å². The van der Waals surface area contributed by atoms with Gasteiger partial charge in [0, 0.05) is 12.4 Å². The molecule has 0 bridgehead atoms. The van der Waals surface area contributed by atoms with Crippen molar-refractivity contribution in [3.05, 3.63) is 30.0 Å². The highest BCUT2D eigenvalue weighted by Gasteiger charge is 2.18. The Morgan fingerprint density at radius 3 is 2.70 bits per heavy atom. The summed E-state index contributed by atoms with van der Waals surface area (Å²) in [7, 11) is 1.64. The molecule has 7 nitrogen and oxygen atoms in total. The minimum Gasteiger partial charge on any atom is -0.490 e. The molecule has 1 unspecified atom stereocenters. The fraction of sp³-hybridized carbons (Fsp3) is 0.500. The molecule has 1 atom stereocenters. The van der Waals surface area contributed by atoms with Crippen molar-refractivity contribution in [3.8, 4) is 5.75 Å². The van der Waals surface area contributed by atoms with Gasteiger partial charge in [0.1, 0.15) is 17.9 Å². The van der Waals surface area contributed by atoms with Gasteiger partial charge in [0.05, 0.1) is 12.6 Å². The molecule has 2 rings (SSSR count). The molecule has 0 spiro atoms.